The summed E-state index contributed by atoms with van der Waals surface area (Å²) >= 11 is 1.72. The van der Waals surface area contributed by atoms with Gasteiger partial charge in [0, 0.05) is 22.0 Å². The average molecular weight is 351 g/mol. The van der Waals surface area contributed by atoms with E-state index in [1.807, 2.05) is 37.3 Å². The third-order valence-corrected chi connectivity index (χ3v) is 4.69. The van der Waals surface area contributed by atoms with Crippen molar-refractivity contribution in [2.45, 2.75) is 11.8 Å². The predicted molar refractivity (Wildman–Crippen MR) is 102 cm³/mol. The van der Waals surface area contributed by atoms with Crippen LogP contribution in [0.15, 0.2) is 52.5 Å². The third kappa shape index (κ3) is 3.25. The topological polar surface area (TPSA) is 55.7 Å². The number of nitrogens with one attached hydrogen (secondary N) is 1. The minimum atomic E-state index is 0.248. The van der Waals surface area contributed by atoms with Crippen LogP contribution in [-0.4, -0.2) is 24.2 Å². The molecule has 0 fully saturated rings. The molecule has 2 heterocycles. The number of fused-ring (bicyclic) bond motifs is 2. The third-order valence-electron chi connectivity index (χ3n) is 3.95. The summed E-state index contributed by atoms with van der Waals surface area (Å²) in [7, 11) is 0. The van der Waals surface area contributed by atoms with Crippen LogP contribution in [0.25, 0.3) is 10.9 Å². The van der Waals surface area contributed by atoms with Crippen molar-refractivity contribution >= 4 is 34.6 Å². The Morgan fingerprint density at radius 2 is 1.88 bits per heavy atom. The highest BCUT2D eigenvalue weighted by atomic mass is 32.2. The zero-order chi connectivity index (χ0) is 17.2. The first-order valence-electron chi connectivity index (χ1n) is 7.87. The largest absolute Gasteiger partial charge is 0.454 e. The number of aromatic nitrogens is 1. The summed E-state index contributed by atoms with van der Waals surface area (Å²) in [6, 6.07) is 14.1. The van der Waals surface area contributed by atoms with Crippen molar-refractivity contribution in [1.29, 1.82) is 0 Å². The van der Waals surface area contributed by atoms with E-state index in [1.165, 1.54) is 4.90 Å². The van der Waals surface area contributed by atoms with Gasteiger partial charge in [-0.15, -0.1) is 11.8 Å². The lowest BCUT2D eigenvalue weighted by Gasteiger charge is -2.08. The van der Waals surface area contributed by atoms with Gasteiger partial charge in [-0.2, -0.15) is 5.10 Å². The van der Waals surface area contributed by atoms with E-state index >= 15 is 0 Å². The molecule has 4 rings (SSSR count). The number of benzene rings is 2. The number of pyridine rings is 1. The van der Waals surface area contributed by atoms with Crippen molar-refractivity contribution < 1.29 is 9.47 Å². The van der Waals surface area contributed by atoms with Gasteiger partial charge in [-0.25, -0.2) is 0 Å². The second-order valence-electron chi connectivity index (χ2n) is 5.68. The van der Waals surface area contributed by atoms with Crippen LogP contribution in [0, 0.1) is 6.92 Å². The van der Waals surface area contributed by atoms with Crippen molar-refractivity contribution in [2.24, 2.45) is 5.10 Å². The predicted octanol–water partition coefficient (Wildman–Crippen LogP) is 4.44. The Kier molecular flexibility index (Phi) is 4.19. The highest BCUT2D eigenvalue weighted by molar-refractivity contribution is 7.98. The van der Waals surface area contributed by atoms with Crippen LogP contribution < -0.4 is 14.9 Å². The van der Waals surface area contributed by atoms with Crippen LogP contribution in [0.5, 0.6) is 11.5 Å². The van der Waals surface area contributed by atoms with Crippen molar-refractivity contribution in [3.8, 4) is 11.5 Å². The Hall–Kier alpha value is -2.73. The van der Waals surface area contributed by atoms with Gasteiger partial charge in [0.05, 0.1) is 17.4 Å². The first-order chi connectivity index (χ1) is 12.2. The van der Waals surface area contributed by atoms with Crippen LogP contribution in [0.1, 0.15) is 11.3 Å². The summed E-state index contributed by atoms with van der Waals surface area (Å²) in [5.74, 6) is 1.46. The van der Waals surface area contributed by atoms with Crippen molar-refractivity contribution in [3.05, 3.63) is 53.7 Å². The quantitative estimate of drug-likeness (QED) is 0.428. The van der Waals surface area contributed by atoms with Gasteiger partial charge in [0.1, 0.15) is 0 Å². The molecule has 25 heavy (non-hydrogen) atoms. The average Bonchev–Trinajstić information content (AvgIpc) is 3.08. The molecule has 1 aliphatic heterocycles. The molecule has 0 saturated carbocycles. The summed E-state index contributed by atoms with van der Waals surface area (Å²) in [6.07, 6.45) is 3.87. The molecule has 0 spiro atoms. The van der Waals surface area contributed by atoms with Gasteiger partial charge in [-0.3, -0.25) is 10.4 Å². The fraction of sp³-hybridized carbons (Fsp3) is 0.158. The maximum atomic E-state index is 5.47. The van der Waals surface area contributed by atoms with E-state index in [0.717, 1.165) is 39.3 Å². The van der Waals surface area contributed by atoms with Crippen molar-refractivity contribution in [2.75, 3.05) is 18.5 Å². The Morgan fingerprint density at radius 1 is 1.12 bits per heavy atom. The van der Waals surface area contributed by atoms with Gasteiger partial charge in [0.2, 0.25) is 6.79 Å². The van der Waals surface area contributed by atoms with Gasteiger partial charge >= 0.3 is 0 Å². The van der Waals surface area contributed by atoms with Crippen LogP contribution in [-0.2, 0) is 0 Å². The summed E-state index contributed by atoms with van der Waals surface area (Å²) in [4.78, 5) is 5.80. The number of hydrazone groups is 1. The van der Waals surface area contributed by atoms with Crippen LogP contribution in [0.2, 0.25) is 0 Å². The van der Waals surface area contributed by atoms with Gasteiger partial charge in [-0.05, 0) is 43.0 Å². The molecule has 5 nitrogen and oxygen atoms in total. The Labute approximate surface area is 150 Å². The molecule has 0 bridgehead atoms. The lowest BCUT2D eigenvalue weighted by Crippen LogP contribution is -1.95. The molecule has 0 amide bonds. The Bertz CT molecular complexity index is 955. The smallest absolute Gasteiger partial charge is 0.231 e. The van der Waals surface area contributed by atoms with E-state index < -0.39 is 0 Å². The zero-order valence-corrected chi connectivity index (χ0v) is 14.8. The normalized spacial score (nSPS) is 12.9. The van der Waals surface area contributed by atoms with E-state index in [2.05, 4.69) is 33.9 Å². The number of aryl methyl sites for hydroxylation is 1. The highest BCUT2D eigenvalue weighted by Crippen LogP contribution is 2.38. The van der Waals surface area contributed by atoms with Crippen molar-refractivity contribution in [3.63, 3.8) is 0 Å². The van der Waals surface area contributed by atoms with Crippen molar-refractivity contribution in [1.82, 2.24) is 4.98 Å². The molecule has 0 saturated heterocycles. The fourth-order valence-electron chi connectivity index (χ4n) is 2.71. The first kappa shape index (κ1) is 15.8. The molecule has 1 N–H and O–H groups in total. The number of hydrogen-bond donors (Lipinski definition) is 1. The summed E-state index contributed by atoms with van der Waals surface area (Å²) in [5.41, 5.74) is 6.81. The Morgan fingerprint density at radius 3 is 2.64 bits per heavy atom. The second-order valence-corrected chi connectivity index (χ2v) is 6.56. The van der Waals surface area contributed by atoms with E-state index in [-0.39, 0.29) is 6.79 Å². The number of hydrogen-bond acceptors (Lipinski definition) is 6. The molecule has 1 aliphatic rings. The maximum absolute atomic E-state index is 5.47. The second kappa shape index (κ2) is 6.64. The molecule has 0 unspecified atom stereocenters. The first-order valence-corrected chi connectivity index (χ1v) is 9.09. The number of rotatable bonds is 4. The molecule has 1 aromatic heterocycles. The molecule has 0 atom stereocenters. The SMILES string of the molecule is CSc1ccc(/C=N/Nc2cc(C)nc3cc4c(cc23)OCO4)cc1. The van der Waals surface area contributed by atoms with E-state index in [0.29, 0.717) is 0 Å². The Balaban J connectivity index is 1.63. The highest BCUT2D eigenvalue weighted by Gasteiger charge is 2.16. The van der Waals surface area contributed by atoms with Crippen LogP contribution in [0.4, 0.5) is 5.69 Å². The van der Waals surface area contributed by atoms with E-state index in [1.54, 1.807) is 18.0 Å². The van der Waals surface area contributed by atoms with Gasteiger partial charge < -0.3 is 9.47 Å². The molecule has 126 valence electrons. The molecular formula is C19H17N3O2S. The summed E-state index contributed by atoms with van der Waals surface area (Å²) < 4.78 is 10.9. The lowest BCUT2D eigenvalue weighted by atomic mass is 10.1. The lowest BCUT2D eigenvalue weighted by molar-refractivity contribution is 0.174. The molecule has 3 aromatic rings. The van der Waals surface area contributed by atoms with Crippen LogP contribution >= 0.6 is 11.8 Å². The maximum Gasteiger partial charge on any atom is 0.231 e. The standard InChI is InChI=1S/C19H17N3O2S/c1-12-7-17(22-20-10-13-3-5-14(25-2)6-4-13)15-8-18-19(24-11-23-18)9-16(15)21-12/h3-10H,11H2,1-2H3,(H,21,22)/b20-10+. The van der Waals surface area contributed by atoms with Gasteiger partial charge in [0.15, 0.2) is 11.5 Å². The minimum Gasteiger partial charge on any atom is -0.454 e. The van der Waals surface area contributed by atoms with Crippen LogP contribution in [0.3, 0.4) is 0 Å². The number of ether oxygens (including phenoxy) is 2. The number of nitrogens with zero attached hydrogens (tertiary/aromatic N) is 2. The molecule has 0 radical (unpaired) electrons. The number of thioether (sulfide) groups is 1. The van der Waals surface area contributed by atoms with Gasteiger partial charge in [-0.1, -0.05) is 12.1 Å². The monoisotopic (exact) mass is 351 g/mol. The van der Waals surface area contributed by atoms with E-state index in [9.17, 15) is 0 Å². The summed E-state index contributed by atoms with van der Waals surface area (Å²) in [5, 5.41) is 5.32. The zero-order valence-electron chi connectivity index (χ0n) is 13.9. The van der Waals surface area contributed by atoms with Gasteiger partial charge in [0.25, 0.3) is 0 Å². The fourth-order valence-corrected chi connectivity index (χ4v) is 3.12. The molecule has 6 heteroatoms. The number of anilines is 1. The molecule has 2 aromatic carbocycles. The molecule has 0 aliphatic carbocycles. The summed E-state index contributed by atoms with van der Waals surface area (Å²) in [6.45, 7) is 2.21. The van der Waals surface area contributed by atoms with E-state index in [4.69, 9.17) is 9.47 Å². The molecular weight excluding hydrogens is 334 g/mol. The minimum absolute atomic E-state index is 0.248.